The maximum atomic E-state index is 5.06. The Balaban J connectivity index is 1.65. The standard InChI is InChI=1S/C22H18N5/c1-3-11-18(12-4-1)21-22(26-16-23-15-24-26)20(17-9-7-8-10-17)25-27(21)19-13-5-2-6-14-19/h1-16,21-22H/t21-,22+/m0/s1. The summed E-state index contributed by atoms with van der Waals surface area (Å²) in [5.74, 6) is 1.11. The van der Waals surface area contributed by atoms with Crippen LogP contribution in [0.1, 0.15) is 17.6 Å². The van der Waals surface area contributed by atoms with E-state index in [9.17, 15) is 0 Å². The Morgan fingerprint density at radius 1 is 0.778 bits per heavy atom. The summed E-state index contributed by atoms with van der Waals surface area (Å²) in [5.41, 5.74) is 3.23. The second-order valence-electron chi connectivity index (χ2n) is 6.51. The molecule has 5 heteroatoms. The number of hydrogen-bond donors (Lipinski definition) is 0. The van der Waals surface area contributed by atoms with E-state index in [0.29, 0.717) is 0 Å². The van der Waals surface area contributed by atoms with Crippen LogP contribution in [0.25, 0.3) is 0 Å². The minimum atomic E-state index is -0.0718. The molecule has 5 rings (SSSR count). The maximum absolute atomic E-state index is 5.06. The number of hydrogen-bond acceptors (Lipinski definition) is 4. The Kier molecular flexibility index (Phi) is 4.20. The van der Waals surface area contributed by atoms with Gasteiger partial charge in [-0.05, 0) is 43.4 Å². The van der Waals surface area contributed by atoms with Gasteiger partial charge in [-0.15, -0.1) is 0 Å². The first kappa shape index (κ1) is 16.2. The van der Waals surface area contributed by atoms with Crippen LogP contribution in [0.4, 0.5) is 5.69 Å². The third kappa shape index (κ3) is 2.93. The van der Waals surface area contributed by atoms with E-state index in [2.05, 4.69) is 64.3 Å². The van der Waals surface area contributed by atoms with Gasteiger partial charge in [-0.1, -0.05) is 48.5 Å². The van der Waals surface area contributed by atoms with Gasteiger partial charge in [-0.2, -0.15) is 10.2 Å². The largest absolute Gasteiger partial charge is 0.255 e. The average molecular weight is 352 g/mol. The van der Waals surface area contributed by atoms with Gasteiger partial charge in [-0.3, -0.25) is 5.01 Å². The zero-order valence-corrected chi connectivity index (χ0v) is 14.6. The lowest BCUT2D eigenvalue weighted by Crippen LogP contribution is -2.30. The molecule has 2 aromatic carbocycles. The van der Waals surface area contributed by atoms with Crippen molar-refractivity contribution in [3.05, 3.63) is 110 Å². The van der Waals surface area contributed by atoms with Gasteiger partial charge in [0.1, 0.15) is 24.7 Å². The molecule has 0 bridgehead atoms. The highest BCUT2D eigenvalue weighted by molar-refractivity contribution is 6.07. The first-order chi connectivity index (χ1) is 13.4. The van der Waals surface area contributed by atoms with Crippen molar-refractivity contribution >= 4 is 11.4 Å². The molecule has 3 aromatic rings. The molecule has 1 aliphatic heterocycles. The second kappa shape index (κ2) is 6.99. The third-order valence-corrected chi connectivity index (χ3v) is 4.90. The smallest absolute Gasteiger partial charge is 0.137 e. The van der Waals surface area contributed by atoms with E-state index >= 15 is 0 Å². The zero-order chi connectivity index (χ0) is 18.1. The molecule has 2 atom stereocenters. The quantitative estimate of drug-likeness (QED) is 0.717. The summed E-state index contributed by atoms with van der Waals surface area (Å²) in [4.78, 5) is 4.19. The van der Waals surface area contributed by atoms with Crippen molar-refractivity contribution in [1.82, 2.24) is 14.8 Å². The summed E-state index contributed by atoms with van der Waals surface area (Å²) in [5, 5.41) is 11.6. The lowest BCUT2D eigenvalue weighted by molar-refractivity contribution is 0.483. The van der Waals surface area contributed by atoms with Crippen LogP contribution in [0, 0.1) is 31.6 Å². The van der Waals surface area contributed by atoms with Gasteiger partial charge >= 0.3 is 0 Å². The molecule has 0 amide bonds. The predicted octanol–water partition coefficient (Wildman–Crippen LogP) is 3.84. The van der Waals surface area contributed by atoms with E-state index < -0.39 is 0 Å². The molecule has 2 heterocycles. The van der Waals surface area contributed by atoms with Gasteiger partial charge in [0.05, 0.1) is 11.4 Å². The van der Waals surface area contributed by atoms with Gasteiger partial charge in [0.25, 0.3) is 0 Å². The molecular formula is C22H18N5. The van der Waals surface area contributed by atoms with Crippen molar-refractivity contribution in [3.63, 3.8) is 0 Å². The highest BCUT2D eigenvalue weighted by Gasteiger charge is 2.44. The third-order valence-electron chi connectivity index (χ3n) is 4.90. The first-order valence-corrected chi connectivity index (χ1v) is 8.96. The Morgan fingerprint density at radius 2 is 1.48 bits per heavy atom. The van der Waals surface area contributed by atoms with Gasteiger partial charge in [0.2, 0.25) is 0 Å². The number of rotatable bonds is 4. The molecule has 131 valence electrons. The van der Waals surface area contributed by atoms with Crippen molar-refractivity contribution in [1.29, 1.82) is 0 Å². The lowest BCUT2D eigenvalue weighted by Gasteiger charge is -2.29. The number of nitrogens with zero attached hydrogens (tertiary/aromatic N) is 5. The fraction of sp³-hybridized carbons (Fsp3) is 0.0909. The molecular weight excluding hydrogens is 334 g/mol. The van der Waals surface area contributed by atoms with Crippen LogP contribution in [0.2, 0.25) is 0 Å². The zero-order valence-electron chi connectivity index (χ0n) is 14.6. The van der Waals surface area contributed by atoms with Crippen LogP contribution in [0.3, 0.4) is 0 Å². The maximum Gasteiger partial charge on any atom is 0.137 e. The summed E-state index contributed by atoms with van der Waals surface area (Å²) in [7, 11) is 0. The van der Waals surface area contributed by atoms with Crippen molar-refractivity contribution < 1.29 is 0 Å². The molecule has 0 unspecified atom stereocenters. The Labute approximate surface area is 159 Å². The van der Waals surface area contributed by atoms with E-state index in [0.717, 1.165) is 17.3 Å². The minimum Gasteiger partial charge on any atom is -0.255 e. The minimum absolute atomic E-state index is 0.0137. The second-order valence-corrected chi connectivity index (χ2v) is 6.51. The number of para-hydroxylation sites is 1. The molecule has 1 saturated carbocycles. The summed E-state index contributed by atoms with van der Waals surface area (Å²) in [6.07, 6.45) is 11.6. The van der Waals surface area contributed by atoms with E-state index in [4.69, 9.17) is 5.10 Å². The number of benzene rings is 2. The molecule has 0 spiro atoms. The van der Waals surface area contributed by atoms with E-state index in [1.165, 1.54) is 5.56 Å². The Bertz CT molecular complexity index is 898. The van der Waals surface area contributed by atoms with Gasteiger partial charge in [0, 0.05) is 5.92 Å². The number of hydrazone groups is 1. The van der Waals surface area contributed by atoms with Gasteiger partial charge in [-0.25, -0.2) is 9.67 Å². The molecule has 27 heavy (non-hydrogen) atoms. The average Bonchev–Trinajstić information content (AvgIpc) is 3.48. The Morgan fingerprint density at radius 3 is 2.15 bits per heavy atom. The molecule has 1 aliphatic carbocycles. The fourth-order valence-electron chi connectivity index (χ4n) is 3.70. The molecule has 1 fully saturated rings. The van der Waals surface area contributed by atoms with Crippen molar-refractivity contribution in [2.45, 2.75) is 12.1 Å². The monoisotopic (exact) mass is 352 g/mol. The molecule has 0 saturated heterocycles. The van der Waals surface area contributed by atoms with Crippen molar-refractivity contribution in [2.24, 2.45) is 5.10 Å². The summed E-state index contributed by atoms with van der Waals surface area (Å²) < 4.78 is 1.91. The van der Waals surface area contributed by atoms with E-state index in [1.54, 1.807) is 12.7 Å². The van der Waals surface area contributed by atoms with Crippen LogP contribution in [0.5, 0.6) is 0 Å². The first-order valence-electron chi connectivity index (χ1n) is 8.96. The van der Waals surface area contributed by atoms with Gasteiger partial charge < -0.3 is 0 Å². The van der Waals surface area contributed by atoms with Crippen LogP contribution in [-0.4, -0.2) is 20.5 Å². The lowest BCUT2D eigenvalue weighted by atomic mass is 9.89. The normalized spacial score (nSPS) is 23.0. The molecule has 5 nitrogen and oxygen atoms in total. The van der Waals surface area contributed by atoms with E-state index in [-0.39, 0.29) is 12.1 Å². The highest BCUT2D eigenvalue weighted by Crippen LogP contribution is 2.45. The Hall–Kier alpha value is -2.95. The summed E-state index contributed by atoms with van der Waals surface area (Å²) in [6.45, 7) is 0. The highest BCUT2D eigenvalue weighted by atomic mass is 15.5. The van der Waals surface area contributed by atoms with Crippen LogP contribution in [0.15, 0.2) is 78.4 Å². The summed E-state index contributed by atoms with van der Waals surface area (Å²) >= 11 is 0. The van der Waals surface area contributed by atoms with Crippen LogP contribution in [-0.2, 0) is 0 Å². The van der Waals surface area contributed by atoms with E-state index in [1.807, 2.05) is 41.8 Å². The van der Waals surface area contributed by atoms with Crippen LogP contribution < -0.4 is 5.01 Å². The SMILES string of the molecule is [CH]1[CH][CH][C](C2=NN(c3ccccc3)[C@@H](c3ccccc3)[C@@H]2n2cncn2)[CH]1. The van der Waals surface area contributed by atoms with Gasteiger partial charge in [0.15, 0.2) is 0 Å². The molecule has 1 aromatic heterocycles. The summed E-state index contributed by atoms with van der Waals surface area (Å²) in [6, 6.07) is 20.7. The van der Waals surface area contributed by atoms with Crippen molar-refractivity contribution in [2.75, 3.05) is 5.01 Å². The molecule has 0 N–H and O–H groups in total. The number of anilines is 1. The van der Waals surface area contributed by atoms with Crippen molar-refractivity contribution in [3.8, 4) is 0 Å². The molecule has 5 radical (unpaired) electrons. The number of aromatic nitrogens is 3. The fourth-order valence-corrected chi connectivity index (χ4v) is 3.70. The molecule has 2 aliphatic rings. The predicted molar refractivity (Wildman–Crippen MR) is 105 cm³/mol. The van der Waals surface area contributed by atoms with Crippen LogP contribution >= 0.6 is 0 Å². The topological polar surface area (TPSA) is 46.3 Å².